The van der Waals surface area contributed by atoms with Crippen LogP contribution in [0.1, 0.15) is 53.9 Å². The molecule has 1 heterocycles. The van der Waals surface area contributed by atoms with Crippen molar-refractivity contribution in [3.05, 3.63) is 34.9 Å². The molecule has 3 rings (SSSR count). The van der Waals surface area contributed by atoms with Crippen LogP contribution in [-0.4, -0.2) is 36.2 Å². The maximum atomic E-state index is 12.7. The SMILES string of the molecule is C=C1C(=O)OC2CC(C)=C3CCC(OC(C)=O)C3(C)C(OC(=O)C(C)=CC)C12. The van der Waals surface area contributed by atoms with Gasteiger partial charge in [0.15, 0.2) is 0 Å². The van der Waals surface area contributed by atoms with Gasteiger partial charge in [-0.3, -0.25) is 4.79 Å². The minimum atomic E-state index is -0.740. The van der Waals surface area contributed by atoms with Gasteiger partial charge in [0, 0.05) is 24.5 Å². The zero-order valence-corrected chi connectivity index (χ0v) is 17.2. The lowest BCUT2D eigenvalue weighted by Crippen LogP contribution is -2.49. The molecule has 0 spiro atoms. The molecule has 3 aliphatic rings. The average molecular weight is 388 g/mol. The minimum absolute atomic E-state index is 0.310. The van der Waals surface area contributed by atoms with Crippen molar-refractivity contribution in [2.24, 2.45) is 11.3 Å². The van der Waals surface area contributed by atoms with Crippen molar-refractivity contribution < 1.29 is 28.6 Å². The van der Waals surface area contributed by atoms with Crippen LogP contribution < -0.4 is 0 Å². The Bertz CT molecular complexity index is 804. The lowest BCUT2D eigenvalue weighted by atomic mass is 9.71. The number of ether oxygens (including phenoxy) is 3. The molecular formula is C22H28O6. The second-order valence-electron chi connectivity index (χ2n) is 8.17. The monoisotopic (exact) mass is 388 g/mol. The van der Waals surface area contributed by atoms with Gasteiger partial charge in [0.2, 0.25) is 0 Å². The number of rotatable bonds is 3. The molecule has 0 aromatic rings. The number of esters is 3. The molecule has 2 fully saturated rings. The highest BCUT2D eigenvalue weighted by molar-refractivity contribution is 5.92. The molecule has 0 radical (unpaired) electrons. The normalized spacial score (nSPS) is 35.1. The predicted molar refractivity (Wildman–Crippen MR) is 102 cm³/mol. The molecule has 6 heteroatoms. The van der Waals surface area contributed by atoms with Crippen LogP contribution in [-0.2, 0) is 28.6 Å². The van der Waals surface area contributed by atoms with Crippen molar-refractivity contribution in [3.63, 3.8) is 0 Å². The highest BCUT2D eigenvalue weighted by atomic mass is 16.6. The van der Waals surface area contributed by atoms with Crippen LogP contribution in [0, 0.1) is 11.3 Å². The van der Waals surface area contributed by atoms with Crippen molar-refractivity contribution in [3.8, 4) is 0 Å². The molecule has 1 saturated heterocycles. The Morgan fingerprint density at radius 1 is 1.29 bits per heavy atom. The molecular weight excluding hydrogens is 360 g/mol. The summed E-state index contributed by atoms with van der Waals surface area (Å²) in [5, 5.41) is 0. The number of allylic oxidation sites excluding steroid dienone is 1. The largest absolute Gasteiger partial charge is 0.461 e. The molecule has 1 saturated carbocycles. The van der Waals surface area contributed by atoms with E-state index in [1.807, 2.05) is 13.8 Å². The minimum Gasteiger partial charge on any atom is -0.461 e. The standard InChI is InChI=1S/C22H28O6/c1-7-11(2)20(24)28-19-18-13(4)21(25)27-16(18)10-12(3)15-8-9-17(22(15,19)6)26-14(5)23/h7,16-19H,4,8-10H2,1-3,5-6H3. The molecule has 0 bridgehead atoms. The van der Waals surface area contributed by atoms with Crippen molar-refractivity contribution in [2.45, 2.75) is 72.2 Å². The van der Waals surface area contributed by atoms with Gasteiger partial charge in [-0.05, 0) is 40.5 Å². The fourth-order valence-corrected chi connectivity index (χ4v) is 4.96. The smallest absolute Gasteiger partial charge is 0.334 e. The molecule has 6 nitrogen and oxygen atoms in total. The highest BCUT2D eigenvalue weighted by Crippen LogP contribution is 2.56. The molecule has 152 valence electrons. The highest BCUT2D eigenvalue weighted by Gasteiger charge is 2.61. The van der Waals surface area contributed by atoms with E-state index in [4.69, 9.17) is 14.2 Å². The van der Waals surface area contributed by atoms with Crippen LogP contribution in [0.4, 0.5) is 0 Å². The zero-order valence-electron chi connectivity index (χ0n) is 17.2. The summed E-state index contributed by atoms with van der Waals surface area (Å²) >= 11 is 0. The van der Waals surface area contributed by atoms with Gasteiger partial charge in [0.1, 0.15) is 18.3 Å². The van der Waals surface area contributed by atoms with E-state index >= 15 is 0 Å². The van der Waals surface area contributed by atoms with Gasteiger partial charge < -0.3 is 14.2 Å². The zero-order chi connectivity index (χ0) is 20.8. The third kappa shape index (κ3) is 3.09. The van der Waals surface area contributed by atoms with E-state index in [1.165, 1.54) is 6.92 Å². The van der Waals surface area contributed by atoms with E-state index in [0.717, 1.165) is 17.6 Å². The van der Waals surface area contributed by atoms with Crippen LogP contribution in [0.25, 0.3) is 0 Å². The van der Waals surface area contributed by atoms with E-state index in [-0.39, 0.29) is 5.97 Å². The molecule has 0 aromatic heterocycles. The first-order chi connectivity index (χ1) is 13.1. The van der Waals surface area contributed by atoms with Gasteiger partial charge in [-0.25, -0.2) is 9.59 Å². The number of carbonyl (C=O) groups is 3. The first-order valence-electron chi connectivity index (χ1n) is 9.71. The van der Waals surface area contributed by atoms with Gasteiger partial charge in [0.05, 0.1) is 11.3 Å². The summed E-state index contributed by atoms with van der Waals surface area (Å²) in [4.78, 5) is 36.7. The summed E-state index contributed by atoms with van der Waals surface area (Å²) in [5.41, 5.74) is 2.26. The van der Waals surface area contributed by atoms with E-state index < -0.39 is 41.6 Å². The summed E-state index contributed by atoms with van der Waals surface area (Å²) in [5.74, 6) is -1.76. The first kappa shape index (κ1) is 20.4. The summed E-state index contributed by atoms with van der Waals surface area (Å²) < 4.78 is 17.2. The second kappa shape index (κ2) is 7.22. The molecule has 28 heavy (non-hydrogen) atoms. The van der Waals surface area contributed by atoms with Crippen LogP contribution >= 0.6 is 0 Å². The Kier molecular flexibility index (Phi) is 5.26. The number of hydrogen-bond donors (Lipinski definition) is 0. The van der Waals surface area contributed by atoms with Gasteiger partial charge in [-0.1, -0.05) is 23.8 Å². The maximum Gasteiger partial charge on any atom is 0.334 e. The molecule has 0 N–H and O–H groups in total. The van der Waals surface area contributed by atoms with Crippen molar-refractivity contribution >= 4 is 17.9 Å². The third-order valence-corrected chi connectivity index (χ3v) is 6.54. The molecule has 0 amide bonds. The van der Waals surface area contributed by atoms with Crippen molar-refractivity contribution in [2.75, 3.05) is 0 Å². The van der Waals surface area contributed by atoms with E-state index in [2.05, 4.69) is 6.58 Å². The number of carbonyl (C=O) groups excluding carboxylic acids is 3. The molecule has 1 aliphatic heterocycles. The van der Waals surface area contributed by atoms with Crippen LogP contribution in [0.15, 0.2) is 34.9 Å². The van der Waals surface area contributed by atoms with Gasteiger partial charge >= 0.3 is 17.9 Å². The second-order valence-corrected chi connectivity index (χ2v) is 8.17. The lowest BCUT2D eigenvalue weighted by Gasteiger charge is -2.41. The van der Waals surface area contributed by atoms with E-state index in [9.17, 15) is 14.4 Å². The fraction of sp³-hybridized carbons (Fsp3) is 0.591. The molecule has 2 aliphatic carbocycles. The maximum absolute atomic E-state index is 12.7. The topological polar surface area (TPSA) is 78.9 Å². The van der Waals surface area contributed by atoms with Crippen molar-refractivity contribution in [1.82, 2.24) is 0 Å². The molecule has 5 unspecified atom stereocenters. The fourth-order valence-electron chi connectivity index (χ4n) is 4.96. The Morgan fingerprint density at radius 2 is 1.96 bits per heavy atom. The van der Waals surface area contributed by atoms with E-state index in [1.54, 1.807) is 19.9 Å². The average Bonchev–Trinajstić information content (AvgIpc) is 3.06. The number of hydrogen-bond acceptors (Lipinski definition) is 6. The van der Waals surface area contributed by atoms with Gasteiger partial charge in [-0.15, -0.1) is 0 Å². The Morgan fingerprint density at radius 3 is 2.57 bits per heavy atom. The van der Waals surface area contributed by atoms with Gasteiger partial charge in [-0.2, -0.15) is 0 Å². The van der Waals surface area contributed by atoms with Gasteiger partial charge in [0.25, 0.3) is 0 Å². The number of fused-ring (bicyclic) bond motifs is 2. The van der Waals surface area contributed by atoms with Crippen molar-refractivity contribution in [1.29, 1.82) is 0 Å². The predicted octanol–water partition coefficient (Wildman–Crippen LogP) is 3.41. The Hall–Kier alpha value is -2.37. The third-order valence-electron chi connectivity index (χ3n) is 6.54. The van der Waals surface area contributed by atoms with Crippen LogP contribution in [0.2, 0.25) is 0 Å². The Labute approximate surface area is 165 Å². The summed E-state index contributed by atoms with van der Waals surface area (Å²) in [7, 11) is 0. The quantitative estimate of drug-likeness (QED) is 0.319. The summed E-state index contributed by atoms with van der Waals surface area (Å²) in [6, 6.07) is 0. The van der Waals surface area contributed by atoms with E-state index in [0.29, 0.717) is 24.0 Å². The molecule has 0 aromatic carbocycles. The molecule has 5 atom stereocenters. The first-order valence-corrected chi connectivity index (χ1v) is 9.71. The summed E-state index contributed by atoms with van der Waals surface area (Å²) in [6.45, 7) is 12.7. The lowest BCUT2D eigenvalue weighted by molar-refractivity contribution is -0.167. The van der Waals surface area contributed by atoms with Crippen LogP contribution in [0.3, 0.4) is 0 Å². The summed E-state index contributed by atoms with van der Waals surface area (Å²) in [6.07, 6.45) is 2.05. The van der Waals surface area contributed by atoms with Crippen LogP contribution in [0.5, 0.6) is 0 Å². The Balaban J connectivity index is 2.14.